The van der Waals surface area contributed by atoms with E-state index in [1.54, 1.807) is 0 Å². The standard InChI is InChI=1S/C39H45ClN2Si.C7H8/c1-27(2)33-21-15-22-34(28(3)4)38(33)41-25-37(42(26-41)39-35(29(5)6)23-16-24-36(39)30(7)8)43(40,31-17-11-9-12-18-31)32-19-13-10-14-20-32;1-7-5-3-2-4-6-7/h9-25,27-30H,1-8H3;2-6H,1H3. The summed E-state index contributed by atoms with van der Waals surface area (Å²) in [5.74, 6) is 1.38. The molecule has 258 valence electrons. The fraction of sp³-hybridized carbons (Fsp3) is 0.283. The molecular formula is C46H53ClN2Si. The molecule has 6 rings (SSSR count). The minimum Gasteiger partial charge on any atom is -0.298 e. The van der Waals surface area contributed by atoms with Crippen molar-refractivity contribution < 1.29 is 4.57 Å². The average molecular weight is 697 g/mol. The van der Waals surface area contributed by atoms with Crippen LogP contribution in [0.1, 0.15) is 107 Å². The number of nitrogens with zero attached hydrogens (tertiary/aromatic N) is 2. The molecule has 0 spiro atoms. The van der Waals surface area contributed by atoms with E-state index in [-0.39, 0.29) is 0 Å². The Morgan fingerprint density at radius 2 is 0.900 bits per heavy atom. The highest BCUT2D eigenvalue weighted by molar-refractivity contribution is 7.40. The topological polar surface area (TPSA) is 8.81 Å². The van der Waals surface area contributed by atoms with E-state index in [4.69, 9.17) is 11.1 Å². The van der Waals surface area contributed by atoms with Crippen molar-refractivity contribution >= 4 is 34.2 Å². The Kier molecular flexibility index (Phi) is 12.0. The van der Waals surface area contributed by atoms with Crippen LogP contribution in [0.25, 0.3) is 11.4 Å². The molecule has 0 saturated carbocycles. The molecule has 0 atom stereocenters. The molecule has 0 fully saturated rings. The van der Waals surface area contributed by atoms with Crippen LogP contribution in [0.5, 0.6) is 0 Å². The lowest BCUT2D eigenvalue weighted by Gasteiger charge is -2.29. The van der Waals surface area contributed by atoms with E-state index in [2.05, 4.69) is 193 Å². The number of aryl methyl sites for hydroxylation is 1. The Morgan fingerprint density at radius 1 is 0.520 bits per heavy atom. The fourth-order valence-corrected chi connectivity index (χ4v) is 11.0. The Labute approximate surface area is 307 Å². The van der Waals surface area contributed by atoms with E-state index in [0.717, 1.165) is 15.7 Å². The van der Waals surface area contributed by atoms with Crippen LogP contribution in [0, 0.1) is 13.3 Å². The van der Waals surface area contributed by atoms with Crippen LogP contribution in [0.3, 0.4) is 0 Å². The number of hydrogen-bond acceptors (Lipinski definition) is 0. The highest BCUT2D eigenvalue weighted by Gasteiger charge is 2.42. The SMILES string of the molecule is CC(C)c1cccc(C(C)C)c1-n1[c-][n+](-c2c(C(C)C)cccc2C(C)C)c([Si](Cl)(c2ccccc2)c2ccccc2)c1.Cc1ccccc1. The number of hydrogen-bond donors (Lipinski definition) is 0. The first-order valence-corrected chi connectivity index (χ1v) is 21.1. The van der Waals surface area contributed by atoms with Crippen molar-refractivity contribution in [3.05, 3.63) is 168 Å². The van der Waals surface area contributed by atoms with Gasteiger partial charge in [-0.25, -0.2) is 0 Å². The number of halogens is 1. The molecule has 0 unspecified atom stereocenters. The van der Waals surface area contributed by atoms with E-state index in [1.165, 1.54) is 39.2 Å². The minimum atomic E-state index is -3.04. The van der Waals surface area contributed by atoms with Crippen molar-refractivity contribution in [1.29, 1.82) is 0 Å². The molecule has 2 nitrogen and oxygen atoms in total. The molecule has 0 amide bonds. The van der Waals surface area contributed by atoms with Crippen LogP contribution in [-0.4, -0.2) is 12.0 Å². The van der Waals surface area contributed by atoms with Crippen molar-refractivity contribution in [2.75, 3.05) is 0 Å². The Morgan fingerprint density at radius 3 is 1.26 bits per heavy atom. The van der Waals surface area contributed by atoms with Gasteiger partial charge in [0.1, 0.15) is 0 Å². The number of rotatable bonds is 9. The second-order valence-electron chi connectivity index (χ2n) is 14.6. The first-order valence-electron chi connectivity index (χ1n) is 18.1. The minimum absolute atomic E-state index is 0.333. The summed E-state index contributed by atoms with van der Waals surface area (Å²) in [6.45, 7) is 20.3. The number of para-hydroxylation sites is 2. The monoisotopic (exact) mass is 696 g/mol. The first kappa shape index (κ1) is 37.1. The molecule has 50 heavy (non-hydrogen) atoms. The zero-order chi connectivity index (χ0) is 36.0. The second kappa shape index (κ2) is 16.2. The molecule has 0 radical (unpaired) electrons. The van der Waals surface area contributed by atoms with Crippen LogP contribution in [0.2, 0.25) is 0 Å². The van der Waals surface area contributed by atoms with E-state index in [9.17, 15) is 0 Å². The third-order valence-electron chi connectivity index (χ3n) is 9.49. The van der Waals surface area contributed by atoms with E-state index in [1.807, 2.05) is 18.2 Å². The molecule has 0 aliphatic heterocycles. The highest BCUT2D eigenvalue weighted by atomic mass is 35.6. The predicted molar refractivity (Wildman–Crippen MR) is 217 cm³/mol. The zero-order valence-electron chi connectivity index (χ0n) is 31.3. The van der Waals surface area contributed by atoms with Crippen LogP contribution in [0.15, 0.2) is 134 Å². The molecule has 0 saturated heterocycles. The fourth-order valence-electron chi connectivity index (χ4n) is 6.79. The molecule has 0 aliphatic carbocycles. The van der Waals surface area contributed by atoms with Gasteiger partial charge in [-0.05, 0) is 63.2 Å². The quantitative estimate of drug-likeness (QED) is 0.0616. The van der Waals surface area contributed by atoms with Gasteiger partial charge >= 0.3 is 0 Å². The number of benzene rings is 5. The van der Waals surface area contributed by atoms with E-state index < -0.39 is 7.38 Å². The maximum Gasteiger partial charge on any atom is 0.268 e. The van der Waals surface area contributed by atoms with Crippen LogP contribution < -0.4 is 20.3 Å². The van der Waals surface area contributed by atoms with Crippen molar-refractivity contribution in [2.45, 2.75) is 86.0 Å². The van der Waals surface area contributed by atoms with Gasteiger partial charge in [0, 0.05) is 6.20 Å². The van der Waals surface area contributed by atoms with Crippen LogP contribution in [-0.2, 0) is 0 Å². The van der Waals surface area contributed by atoms with Gasteiger partial charge < -0.3 is 0 Å². The largest absolute Gasteiger partial charge is 0.298 e. The smallest absolute Gasteiger partial charge is 0.268 e. The Hall–Kier alpha value is -4.18. The van der Waals surface area contributed by atoms with Gasteiger partial charge in [0.15, 0.2) is 0 Å². The van der Waals surface area contributed by atoms with Gasteiger partial charge in [-0.2, -0.15) is 11.1 Å². The Balaban J connectivity index is 0.000000619. The molecule has 4 heteroatoms. The van der Waals surface area contributed by atoms with Crippen molar-refractivity contribution in [1.82, 2.24) is 4.57 Å². The van der Waals surface area contributed by atoms with Gasteiger partial charge in [-0.15, -0.1) is 0 Å². The normalized spacial score (nSPS) is 11.7. The summed E-state index contributed by atoms with van der Waals surface area (Å²) in [7, 11) is -3.04. The van der Waals surface area contributed by atoms with Crippen molar-refractivity contribution in [3.63, 3.8) is 0 Å². The molecular weight excluding hydrogens is 644 g/mol. The summed E-state index contributed by atoms with van der Waals surface area (Å²) in [6.07, 6.45) is 6.22. The molecule has 1 heterocycles. The maximum atomic E-state index is 8.22. The summed E-state index contributed by atoms with van der Waals surface area (Å²) < 4.78 is 4.60. The number of aromatic nitrogens is 2. The lowest BCUT2D eigenvalue weighted by atomic mass is 9.92. The van der Waals surface area contributed by atoms with Gasteiger partial charge in [-0.1, -0.05) is 188 Å². The van der Waals surface area contributed by atoms with Gasteiger partial charge in [-0.3, -0.25) is 9.13 Å². The van der Waals surface area contributed by atoms with Gasteiger partial charge in [0.05, 0.1) is 16.7 Å². The third-order valence-corrected chi connectivity index (χ3v) is 14.7. The molecule has 0 N–H and O–H groups in total. The molecule has 0 bridgehead atoms. The Bertz CT molecular complexity index is 1880. The summed E-state index contributed by atoms with van der Waals surface area (Å²) in [5, 5.41) is 3.43. The summed E-state index contributed by atoms with van der Waals surface area (Å²) in [6, 6.07) is 45.2. The highest BCUT2D eigenvalue weighted by Crippen LogP contribution is 2.32. The molecule has 0 aliphatic rings. The van der Waals surface area contributed by atoms with E-state index in [0.29, 0.717) is 23.7 Å². The predicted octanol–water partition coefficient (Wildman–Crippen LogP) is 10.2. The van der Waals surface area contributed by atoms with Crippen molar-refractivity contribution in [3.8, 4) is 11.4 Å². The summed E-state index contributed by atoms with van der Waals surface area (Å²) in [5.41, 5.74) is 9.00. The lowest BCUT2D eigenvalue weighted by molar-refractivity contribution is -0.582. The van der Waals surface area contributed by atoms with Crippen molar-refractivity contribution in [2.24, 2.45) is 0 Å². The van der Waals surface area contributed by atoms with Crippen LogP contribution >= 0.6 is 11.1 Å². The van der Waals surface area contributed by atoms with Crippen LogP contribution in [0.4, 0.5) is 0 Å². The third kappa shape index (κ3) is 7.75. The first-order chi connectivity index (χ1) is 23.9. The summed E-state index contributed by atoms with van der Waals surface area (Å²) >= 11 is 8.22. The second-order valence-corrected chi connectivity index (χ2v) is 19.2. The number of imidazole rings is 1. The van der Waals surface area contributed by atoms with Gasteiger partial charge in [0.2, 0.25) is 7.38 Å². The average Bonchev–Trinajstić information content (AvgIpc) is 3.57. The van der Waals surface area contributed by atoms with Gasteiger partial charge in [0.25, 0.3) is 6.33 Å². The zero-order valence-corrected chi connectivity index (χ0v) is 33.0. The van der Waals surface area contributed by atoms with E-state index >= 15 is 0 Å². The molecule has 6 aromatic rings. The molecule has 5 aromatic carbocycles. The maximum absolute atomic E-state index is 8.22. The lowest BCUT2D eigenvalue weighted by Crippen LogP contribution is -2.71. The molecule has 1 aromatic heterocycles. The summed E-state index contributed by atoms with van der Waals surface area (Å²) in [4.78, 5) is 0.